The van der Waals surface area contributed by atoms with Gasteiger partial charge in [-0.1, -0.05) is 146 Å². The van der Waals surface area contributed by atoms with Crippen molar-refractivity contribution in [3.05, 3.63) is 211 Å². The van der Waals surface area contributed by atoms with Crippen LogP contribution < -0.4 is 10.2 Å². The second-order valence-electron chi connectivity index (χ2n) is 15.2. The maximum atomic E-state index is 6.49. The quantitative estimate of drug-likeness (QED) is 0.186. The SMILES string of the molecule is CC12CC(c3cccc(-c4ccccc4Nc4cccc5ccccc45)c3)=CC=C1N(c1cccc(-c3ccccc3)c1)c1c2ccc2oc3ccccc3c12. The number of nitrogens with zero attached hydrogens (tertiary/aromatic N) is 1. The standard InChI is InChI=1S/C53H38N2O/c1-53-34-40(37-18-11-20-39(32-37)43-23-7-9-25-46(43)54-47-26-13-17-36-16-5-6-22-42(36)47)28-31-50(53)55(41-21-12-19-38(33-41)35-14-3-2-4-15-35)52-45(53)29-30-49-51(52)44-24-8-10-27-48(44)56-49/h2-33,54H,34H2,1H3. The molecule has 1 aliphatic carbocycles. The van der Waals surface area contributed by atoms with Crippen LogP contribution in [0.4, 0.5) is 22.7 Å². The van der Waals surface area contributed by atoms with Crippen LogP contribution in [0, 0.1) is 0 Å². The number of furan rings is 1. The Balaban J connectivity index is 1.03. The molecule has 0 saturated carbocycles. The van der Waals surface area contributed by atoms with Crippen LogP contribution in [0.15, 0.2) is 204 Å². The van der Waals surface area contributed by atoms with Gasteiger partial charge in [0.2, 0.25) is 0 Å². The second kappa shape index (κ2) is 12.8. The minimum absolute atomic E-state index is 0.279. The van der Waals surface area contributed by atoms with E-state index in [1.807, 2.05) is 0 Å². The molecule has 3 nitrogen and oxygen atoms in total. The van der Waals surface area contributed by atoms with E-state index in [9.17, 15) is 0 Å². The van der Waals surface area contributed by atoms with Crippen LogP contribution in [0.3, 0.4) is 0 Å². The van der Waals surface area contributed by atoms with Gasteiger partial charge < -0.3 is 14.6 Å². The molecule has 2 aliphatic rings. The summed E-state index contributed by atoms with van der Waals surface area (Å²) in [5, 5.41) is 8.52. The molecule has 1 unspecified atom stereocenters. The summed E-state index contributed by atoms with van der Waals surface area (Å²) in [7, 11) is 0. The Morgan fingerprint density at radius 3 is 2.16 bits per heavy atom. The highest BCUT2D eigenvalue weighted by molar-refractivity contribution is 6.15. The summed E-state index contributed by atoms with van der Waals surface area (Å²) in [6.45, 7) is 2.42. The number of nitrogens with one attached hydrogen (secondary N) is 1. The molecule has 1 aliphatic heterocycles. The molecule has 0 amide bonds. The molecule has 0 fully saturated rings. The van der Waals surface area contributed by atoms with Crippen molar-refractivity contribution in [1.29, 1.82) is 0 Å². The summed E-state index contributed by atoms with van der Waals surface area (Å²) in [5.41, 5.74) is 16.0. The highest BCUT2D eigenvalue weighted by Crippen LogP contribution is 2.59. The van der Waals surface area contributed by atoms with Crippen molar-refractivity contribution in [2.45, 2.75) is 18.8 Å². The number of anilines is 4. The molecule has 11 rings (SSSR count). The van der Waals surface area contributed by atoms with E-state index in [0.717, 1.165) is 40.0 Å². The molecule has 56 heavy (non-hydrogen) atoms. The molecule has 1 N–H and O–H groups in total. The number of hydrogen-bond acceptors (Lipinski definition) is 3. The minimum atomic E-state index is -0.279. The lowest BCUT2D eigenvalue weighted by Gasteiger charge is -2.34. The lowest BCUT2D eigenvalue weighted by molar-refractivity contribution is 0.586. The summed E-state index contributed by atoms with van der Waals surface area (Å²) >= 11 is 0. The van der Waals surface area contributed by atoms with E-state index >= 15 is 0 Å². The predicted octanol–water partition coefficient (Wildman–Crippen LogP) is 14.6. The Morgan fingerprint density at radius 1 is 0.536 bits per heavy atom. The monoisotopic (exact) mass is 718 g/mol. The molecular weight excluding hydrogens is 681 g/mol. The fourth-order valence-corrected chi connectivity index (χ4v) is 9.18. The van der Waals surface area contributed by atoms with Gasteiger partial charge in [-0.2, -0.15) is 0 Å². The third kappa shape index (κ3) is 5.12. The molecule has 1 atom stereocenters. The fraction of sp³-hybridized carbons (Fsp3) is 0.0566. The Kier molecular flexibility index (Phi) is 7.36. The topological polar surface area (TPSA) is 28.4 Å². The number of hydrogen-bond donors (Lipinski definition) is 1. The van der Waals surface area contributed by atoms with Gasteiger partial charge in [-0.3, -0.25) is 0 Å². The minimum Gasteiger partial charge on any atom is -0.456 e. The Hall–Kier alpha value is -7.10. The van der Waals surface area contributed by atoms with Gasteiger partial charge in [0.25, 0.3) is 0 Å². The van der Waals surface area contributed by atoms with E-state index in [0.29, 0.717) is 0 Å². The predicted molar refractivity (Wildman–Crippen MR) is 235 cm³/mol. The summed E-state index contributed by atoms with van der Waals surface area (Å²) < 4.78 is 6.49. The molecule has 0 saturated heterocycles. The zero-order valence-electron chi connectivity index (χ0n) is 31.0. The van der Waals surface area contributed by atoms with Gasteiger partial charge in [-0.15, -0.1) is 0 Å². The van der Waals surface area contributed by atoms with Crippen molar-refractivity contribution in [2.24, 2.45) is 0 Å². The van der Waals surface area contributed by atoms with Crippen LogP contribution in [0.1, 0.15) is 24.5 Å². The average Bonchev–Trinajstić information content (AvgIpc) is 3.76. The highest BCUT2D eigenvalue weighted by Gasteiger charge is 2.47. The van der Waals surface area contributed by atoms with Gasteiger partial charge in [-0.25, -0.2) is 0 Å². The Bertz CT molecular complexity index is 3050. The molecule has 0 bridgehead atoms. The number of benzene rings is 8. The smallest absolute Gasteiger partial charge is 0.137 e. The van der Waals surface area contributed by atoms with Crippen LogP contribution >= 0.6 is 0 Å². The van der Waals surface area contributed by atoms with Gasteiger partial charge >= 0.3 is 0 Å². The molecular formula is C53H38N2O. The fourth-order valence-electron chi connectivity index (χ4n) is 9.18. The van der Waals surface area contributed by atoms with Crippen molar-refractivity contribution < 1.29 is 4.42 Å². The maximum Gasteiger partial charge on any atom is 0.137 e. The van der Waals surface area contributed by atoms with Gasteiger partial charge in [0.1, 0.15) is 11.2 Å². The van der Waals surface area contributed by atoms with E-state index in [4.69, 9.17) is 4.42 Å². The van der Waals surface area contributed by atoms with Crippen molar-refractivity contribution in [2.75, 3.05) is 10.2 Å². The Labute approximate surface area is 326 Å². The van der Waals surface area contributed by atoms with Gasteiger partial charge in [0, 0.05) is 44.5 Å². The average molecular weight is 719 g/mol. The number of para-hydroxylation sites is 2. The zero-order valence-corrected chi connectivity index (χ0v) is 31.0. The molecule has 0 spiro atoms. The van der Waals surface area contributed by atoms with Crippen molar-refractivity contribution >= 4 is 61.0 Å². The lowest BCUT2D eigenvalue weighted by Crippen LogP contribution is -2.28. The van der Waals surface area contributed by atoms with Crippen LogP contribution in [0.2, 0.25) is 0 Å². The highest BCUT2D eigenvalue weighted by atomic mass is 16.3. The third-order valence-electron chi connectivity index (χ3n) is 11.9. The molecule has 9 aromatic rings. The van der Waals surface area contributed by atoms with Gasteiger partial charge in [-0.05, 0) is 101 Å². The van der Waals surface area contributed by atoms with Crippen molar-refractivity contribution in [1.82, 2.24) is 0 Å². The van der Waals surface area contributed by atoms with Crippen LogP contribution in [-0.4, -0.2) is 0 Å². The lowest BCUT2D eigenvalue weighted by atomic mass is 9.72. The van der Waals surface area contributed by atoms with Crippen LogP contribution in [-0.2, 0) is 5.41 Å². The first-order chi connectivity index (χ1) is 27.6. The largest absolute Gasteiger partial charge is 0.456 e. The summed E-state index contributed by atoms with van der Waals surface area (Å²) in [5.74, 6) is 0. The summed E-state index contributed by atoms with van der Waals surface area (Å²) in [6, 6.07) is 65.2. The molecule has 1 aromatic heterocycles. The molecule has 2 heterocycles. The second-order valence-corrected chi connectivity index (χ2v) is 15.2. The first-order valence-electron chi connectivity index (χ1n) is 19.4. The van der Waals surface area contributed by atoms with E-state index in [2.05, 4.69) is 211 Å². The van der Waals surface area contributed by atoms with Gasteiger partial charge in [0.15, 0.2) is 0 Å². The normalized spacial score (nSPS) is 16.1. The Morgan fingerprint density at radius 2 is 1.23 bits per heavy atom. The van der Waals surface area contributed by atoms with Crippen molar-refractivity contribution in [3.63, 3.8) is 0 Å². The molecule has 3 heteroatoms. The molecule has 266 valence electrons. The van der Waals surface area contributed by atoms with Crippen LogP contribution in [0.25, 0.3) is 60.5 Å². The number of rotatable bonds is 6. The first-order valence-corrected chi connectivity index (χ1v) is 19.4. The summed E-state index contributed by atoms with van der Waals surface area (Å²) in [4.78, 5) is 2.50. The summed E-state index contributed by atoms with van der Waals surface area (Å²) in [6.07, 6.45) is 5.58. The number of fused-ring (bicyclic) bond motifs is 8. The van der Waals surface area contributed by atoms with E-state index in [1.54, 1.807) is 0 Å². The van der Waals surface area contributed by atoms with Gasteiger partial charge in [0.05, 0.1) is 11.1 Å². The molecule has 8 aromatic carbocycles. The van der Waals surface area contributed by atoms with E-state index in [1.165, 1.54) is 66.5 Å². The van der Waals surface area contributed by atoms with Crippen LogP contribution in [0.5, 0.6) is 0 Å². The third-order valence-corrected chi connectivity index (χ3v) is 11.9. The number of allylic oxidation sites excluding steroid dienone is 4. The first kappa shape index (κ1) is 32.3. The van der Waals surface area contributed by atoms with E-state index in [-0.39, 0.29) is 5.41 Å². The van der Waals surface area contributed by atoms with E-state index < -0.39 is 0 Å². The molecule has 0 radical (unpaired) electrons. The maximum absolute atomic E-state index is 6.49. The van der Waals surface area contributed by atoms with Crippen molar-refractivity contribution in [3.8, 4) is 22.3 Å². The zero-order chi connectivity index (χ0) is 37.2.